The van der Waals surface area contributed by atoms with Gasteiger partial charge in [0, 0.05) is 38.8 Å². The molecule has 1 N–H and O–H groups in total. The molecule has 1 aliphatic rings. The van der Waals surface area contributed by atoms with E-state index in [-0.39, 0.29) is 24.0 Å². The van der Waals surface area contributed by atoms with Crippen molar-refractivity contribution in [1.29, 1.82) is 0 Å². The molecule has 0 aromatic heterocycles. The molecule has 1 atom stereocenters. The molecule has 1 fully saturated rings. The first-order valence-corrected chi connectivity index (χ1v) is 8.94. The van der Waals surface area contributed by atoms with Gasteiger partial charge in [0.25, 0.3) is 0 Å². The summed E-state index contributed by atoms with van der Waals surface area (Å²) in [6, 6.07) is 8.16. The number of likely N-dealkylation sites (tertiary alicyclic amines) is 1. The highest BCUT2D eigenvalue weighted by Crippen LogP contribution is 2.19. The molecule has 25 heavy (non-hydrogen) atoms. The molecule has 142 valence electrons. The second-order valence-electron chi connectivity index (χ2n) is 6.63. The van der Waals surface area contributed by atoms with Crippen molar-refractivity contribution in [3.8, 4) is 5.75 Å². The number of hydrogen-bond acceptors (Lipinski definition) is 3. The van der Waals surface area contributed by atoms with E-state index in [1.165, 1.54) is 24.9 Å². The van der Waals surface area contributed by atoms with Crippen molar-refractivity contribution in [2.45, 2.75) is 26.3 Å². The van der Waals surface area contributed by atoms with Crippen LogP contribution in [0.5, 0.6) is 5.75 Å². The van der Waals surface area contributed by atoms with Crippen molar-refractivity contribution in [3.63, 3.8) is 0 Å². The number of rotatable bonds is 6. The van der Waals surface area contributed by atoms with Gasteiger partial charge in [-0.3, -0.25) is 4.99 Å². The summed E-state index contributed by atoms with van der Waals surface area (Å²) in [5.41, 5.74) is 1.17. The predicted octanol–water partition coefficient (Wildman–Crippen LogP) is 3.05. The normalized spacial score (nSPS) is 18.4. The Labute approximate surface area is 169 Å². The number of ether oxygens (including phenoxy) is 1. The number of methoxy groups -OCH3 is 1. The number of nitrogens with zero attached hydrogens (tertiary/aromatic N) is 3. The van der Waals surface area contributed by atoms with Gasteiger partial charge in [-0.05, 0) is 45.3 Å². The third-order valence-electron chi connectivity index (χ3n) is 4.52. The van der Waals surface area contributed by atoms with Crippen molar-refractivity contribution in [3.05, 3.63) is 29.8 Å². The molecule has 6 heteroatoms. The van der Waals surface area contributed by atoms with Crippen LogP contribution in [0.1, 0.15) is 25.3 Å². The first-order valence-electron chi connectivity index (χ1n) is 8.94. The number of aliphatic imine (C=N–C) groups is 1. The fraction of sp³-hybridized carbons (Fsp3) is 0.632. The third kappa shape index (κ3) is 7.01. The van der Waals surface area contributed by atoms with Gasteiger partial charge in [-0.1, -0.05) is 18.2 Å². The number of piperidine rings is 1. The van der Waals surface area contributed by atoms with Crippen LogP contribution >= 0.6 is 24.0 Å². The first-order chi connectivity index (χ1) is 11.6. The Morgan fingerprint density at radius 1 is 1.40 bits per heavy atom. The van der Waals surface area contributed by atoms with Crippen LogP contribution in [-0.2, 0) is 6.54 Å². The molecule has 1 aliphatic heterocycles. The van der Waals surface area contributed by atoms with Crippen molar-refractivity contribution in [2.75, 3.05) is 47.4 Å². The molecule has 1 unspecified atom stereocenters. The fourth-order valence-corrected chi connectivity index (χ4v) is 3.27. The van der Waals surface area contributed by atoms with Gasteiger partial charge in [0.05, 0.1) is 7.11 Å². The highest BCUT2D eigenvalue weighted by atomic mass is 127. The average Bonchev–Trinajstić information content (AvgIpc) is 2.59. The Kier molecular flexibility index (Phi) is 10.2. The van der Waals surface area contributed by atoms with Crippen LogP contribution in [0.4, 0.5) is 0 Å². The molecular formula is C19H33IN4O. The van der Waals surface area contributed by atoms with Crippen LogP contribution < -0.4 is 10.1 Å². The van der Waals surface area contributed by atoms with Crippen LogP contribution in [0.15, 0.2) is 29.3 Å². The lowest BCUT2D eigenvalue weighted by molar-refractivity contribution is 0.214. The molecular weight excluding hydrogens is 427 g/mol. The molecule has 1 aromatic carbocycles. The first kappa shape index (κ1) is 22.0. The molecule has 0 bridgehead atoms. The number of nitrogens with one attached hydrogen (secondary N) is 1. The minimum atomic E-state index is 0. The van der Waals surface area contributed by atoms with E-state index in [1.54, 1.807) is 7.11 Å². The number of para-hydroxylation sites is 1. The molecule has 0 radical (unpaired) electrons. The molecule has 1 heterocycles. The van der Waals surface area contributed by atoms with Crippen LogP contribution in [0, 0.1) is 5.92 Å². The number of guanidine groups is 1. The monoisotopic (exact) mass is 460 g/mol. The van der Waals surface area contributed by atoms with Gasteiger partial charge < -0.3 is 19.9 Å². The lowest BCUT2D eigenvalue weighted by Crippen LogP contribution is -2.39. The van der Waals surface area contributed by atoms with Gasteiger partial charge in [-0.25, -0.2) is 0 Å². The van der Waals surface area contributed by atoms with E-state index >= 15 is 0 Å². The van der Waals surface area contributed by atoms with E-state index in [2.05, 4.69) is 42.2 Å². The summed E-state index contributed by atoms with van der Waals surface area (Å²) < 4.78 is 5.46. The second-order valence-corrected chi connectivity index (χ2v) is 6.63. The van der Waals surface area contributed by atoms with Crippen molar-refractivity contribution < 1.29 is 4.74 Å². The molecule has 0 spiro atoms. The van der Waals surface area contributed by atoms with Crippen LogP contribution in [0.3, 0.4) is 0 Å². The lowest BCUT2D eigenvalue weighted by atomic mass is 9.99. The average molecular weight is 460 g/mol. The van der Waals surface area contributed by atoms with Crippen molar-refractivity contribution >= 4 is 29.9 Å². The summed E-state index contributed by atoms with van der Waals surface area (Å²) in [6.07, 6.45) is 2.56. The topological polar surface area (TPSA) is 40.1 Å². The number of hydrogen-bond donors (Lipinski definition) is 1. The van der Waals surface area contributed by atoms with Gasteiger partial charge >= 0.3 is 0 Å². The van der Waals surface area contributed by atoms with E-state index in [1.807, 2.05) is 18.2 Å². The van der Waals surface area contributed by atoms with E-state index < -0.39 is 0 Å². The van der Waals surface area contributed by atoms with E-state index in [0.29, 0.717) is 5.92 Å². The molecule has 0 saturated carbocycles. The summed E-state index contributed by atoms with van der Waals surface area (Å²) >= 11 is 0. The Hall–Kier alpha value is -1.02. The van der Waals surface area contributed by atoms with Crippen molar-refractivity contribution in [1.82, 2.24) is 15.1 Å². The highest BCUT2D eigenvalue weighted by Gasteiger charge is 2.17. The SMILES string of the molecule is CCNC(=NCC1CCCN(C)C1)N(C)Cc1ccccc1OC.I. The quantitative estimate of drug-likeness (QED) is 0.403. The zero-order valence-corrected chi connectivity index (χ0v) is 18.3. The molecule has 1 saturated heterocycles. The second kappa shape index (κ2) is 11.6. The molecule has 1 aromatic rings. The Morgan fingerprint density at radius 2 is 2.16 bits per heavy atom. The summed E-state index contributed by atoms with van der Waals surface area (Å²) in [7, 11) is 6.01. The standard InChI is InChI=1S/C19H32N4O.HI/c1-5-20-19(21-13-16-9-8-12-22(2)14-16)23(3)15-17-10-6-7-11-18(17)24-4;/h6-7,10-11,16H,5,8-9,12-15H2,1-4H3,(H,20,21);1H. The lowest BCUT2D eigenvalue weighted by Gasteiger charge is -2.29. The molecule has 0 aliphatic carbocycles. The van der Waals surface area contributed by atoms with Gasteiger partial charge in [0.15, 0.2) is 5.96 Å². The maximum atomic E-state index is 5.46. The number of benzene rings is 1. The zero-order valence-electron chi connectivity index (χ0n) is 16.0. The van der Waals surface area contributed by atoms with Crippen LogP contribution in [-0.4, -0.2) is 63.1 Å². The Balaban J connectivity index is 0.00000312. The van der Waals surface area contributed by atoms with Gasteiger partial charge in [0.1, 0.15) is 5.75 Å². The number of halogens is 1. The minimum Gasteiger partial charge on any atom is -0.496 e. The Morgan fingerprint density at radius 3 is 2.84 bits per heavy atom. The van der Waals surface area contributed by atoms with Crippen LogP contribution in [0.25, 0.3) is 0 Å². The molecule has 5 nitrogen and oxygen atoms in total. The summed E-state index contributed by atoms with van der Waals surface area (Å²) in [5.74, 6) is 2.56. The van der Waals surface area contributed by atoms with Gasteiger partial charge in [-0.15, -0.1) is 24.0 Å². The largest absolute Gasteiger partial charge is 0.496 e. The van der Waals surface area contributed by atoms with E-state index in [9.17, 15) is 0 Å². The smallest absolute Gasteiger partial charge is 0.193 e. The minimum absolute atomic E-state index is 0. The van der Waals surface area contributed by atoms with Gasteiger partial charge in [-0.2, -0.15) is 0 Å². The molecule has 0 amide bonds. The van der Waals surface area contributed by atoms with Crippen LogP contribution in [0.2, 0.25) is 0 Å². The summed E-state index contributed by atoms with van der Waals surface area (Å²) in [4.78, 5) is 9.47. The zero-order chi connectivity index (χ0) is 17.4. The van der Waals surface area contributed by atoms with E-state index in [0.717, 1.165) is 37.9 Å². The maximum Gasteiger partial charge on any atom is 0.193 e. The highest BCUT2D eigenvalue weighted by molar-refractivity contribution is 14.0. The van der Waals surface area contributed by atoms with E-state index in [4.69, 9.17) is 9.73 Å². The Bertz CT molecular complexity index is 538. The van der Waals surface area contributed by atoms with Gasteiger partial charge in [0.2, 0.25) is 0 Å². The fourth-order valence-electron chi connectivity index (χ4n) is 3.27. The van der Waals surface area contributed by atoms with Crippen molar-refractivity contribution in [2.24, 2.45) is 10.9 Å². The predicted molar refractivity (Wildman–Crippen MR) is 116 cm³/mol. The summed E-state index contributed by atoms with van der Waals surface area (Å²) in [5, 5.41) is 3.41. The molecule has 2 rings (SSSR count). The maximum absolute atomic E-state index is 5.46. The summed E-state index contributed by atoms with van der Waals surface area (Å²) in [6.45, 7) is 7.02. The third-order valence-corrected chi connectivity index (χ3v) is 4.52.